The number of hydrogen-bond donors (Lipinski definition) is 1. The summed E-state index contributed by atoms with van der Waals surface area (Å²) in [6.07, 6.45) is -4.52. The molecule has 0 bridgehead atoms. The molecule has 1 saturated heterocycles. The summed E-state index contributed by atoms with van der Waals surface area (Å²) in [6.45, 7) is 0.542. The molecule has 1 heterocycles. The largest absolute Gasteiger partial charge is 0.406 e. The molecule has 1 fully saturated rings. The van der Waals surface area contributed by atoms with Crippen LogP contribution in [0.5, 0.6) is 0 Å². The third-order valence-corrected chi connectivity index (χ3v) is 3.12. The minimum absolute atomic E-state index is 0.0987. The van der Waals surface area contributed by atoms with E-state index in [1.54, 1.807) is 4.90 Å². The zero-order valence-electron chi connectivity index (χ0n) is 12.2. The predicted octanol–water partition coefficient (Wildman–Crippen LogP) is -0.629. The molecule has 1 aliphatic heterocycles. The van der Waals surface area contributed by atoms with E-state index in [1.807, 2.05) is 0 Å². The van der Waals surface area contributed by atoms with Gasteiger partial charge >= 0.3 is 6.18 Å². The number of nitrogens with one attached hydrogen (secondary N) is 1. The van der Waals surface area contributed by atoms with Crippen LogP contribution in [0.4, 0.5) is 13.2 Å². The number of rotatable bonds is 5. The van der Waals surface area contributed by atoms with E-state index < -0.39 is 31.1 Å². The molecule has 1 rings (SSSR count). The maximum absolute atomic E-state index is 12.6. The molecule has 0 spiro atoms. The second kappa shape index (κ2) is 7.60. The van der Waals surface area contributed by atoms with Gasteiger partial charge in [-0.25, -0.2) is 0 Å². The molecule has 1 N–H and O–H groups in total. The Hall–Kier alpha value is -1.35. The maximum Gasteiger partial charge on any atom is 0.406 e. The lowest BCUT2D eigenvalue weighted by Gasteiger charge is -2.30. The van der Waals surface area contributed by atoms with Crippen LogP contribution in [0.25, 0.3) is 0 Å². The van der Waals surface area contributed by atoms with Gasteiger partial charge in [0.15, 0.2) is 0 Å². The number of alkyl halides is 3. The van der Waals surface area contributed by atoms with Gasteiger partial charge in [-0.1, -0.05) is 0 Å². The number of likely N-dealkylation sites (N-methyl/N-ethyl adjacent to an activating group) is 1. The molecule has 2 amide bonds. The van der Waals surface area contributed by atoms with Crippen LogP contribution >= 0.6 is 0 Å². The van der Waals surface area contributed by atoms with Crippen LogP contribution in [-0.2, 0) is 9.59 Å². The maximum atomic E-state index is 12.6. The lowest BCUT2D eigenvalue weighted by Crippen LogP contribution is -2.51. The Labute approximate surface area is 121 Å². The third-order valence-electron chi connectivity index (χ3n) is 3.12. The summed E-state index contributed by atoms with van der Waals surface area (Å²) >= 11 is 0. The molecular formula is C12H21F3N4O2. The Bertz CT molecular complexity index is 368. The van der Waals surface area contributed by atoms with Gasteiger partial charge in [-0.05, 0) is 0 Å². The van der Waals surface area contributed by atoms with Crippen LogP contribution in [0.2, 0.25) is 0 Å². The first-order valence-electron chi connectivity index (χ1n) is 6.67. The van der Waals surface area contributed by atoms with Gasteiger partial charge in [0.1, 0.15) is 13.1 Å². The first-order valence-corrected chi connectivity index (χ1v) is 6.67. The highest BCUT2D eigenvalue weighted by Gasteiger charge is 2.34. The van der Waals surface area contributed by atoms with Gasteiger partial charge in [0.05, 0.1) is 6.54 Å². The van der Waals surface area contributed by atoms with Gasteiger partial charge in [-0.15, -0.1) is 0 Å². The van der Waals surface area contributed by atoms with Crippen molar-refractivity contribution < 1.29 is 22.8 Å². The second-order valence-electron chi connectivity index (χ2n) is 5.18. The van der Waals surface area contributed by atoms with Gasteiger partial charge in [0.25, 0.3) is 0 Å². The highest BCUT2D eigenvalue weighted by atomic mass is 19.4. The third kappa shape index (κ3) is 6.76. The van der Waals surface area contributed by atoms with Crippen molar-refractivity contribution in [3.8, 4) is 0 Å². The average molecular weight is 310 g/mol. The van der Waals surface area contributed by atoms with Crippen molar-refractivity contribution in [2.75, 3.05) is 59.9 Å². The quantitative estimate of drug-likeness (QED) is 0.735. The van der Waals surface area contributed by atoms with Crippen molar-refractivity contribution in [1.82, 2.24) is 20.0 Å². The Morgan fingerprint density at radius 3 is 2.19 bits per heavy atom. The first-order chi connectivity index (χ1) is 9.69. The Morgan fingerprint density at radius 1 is 1.14 bits per heavy atom. The minimum Gasteiger partial charge on any atom is -0.347 e. The summed E-state index contributed by atoms with van der Waals surface area (Å²) in [5, 5.41) is 3.10. The summed E-state index contributed by atoms with van der Waals surface area (Å²) in [5.41, 5.74) is 0. The normalized spacial score (nSPS) is 16.6. The van der Waals surface area contributed by atoms with Crippen molar-refractivity contribution in [3.05, 3.63) is 0 Å². The monoisotopic (exact) mass is 310 g/mol. The van der Waals surface area contributed by atoms with E-state index in [-0.39, 0.29) is 6.54 Å². The molecule has 0 aromatic heterocycles. The summed E-state index contributed by atoms with van der Waals surface area (Å²) in [4.78, 5) is 27.1. The van der Waals surface area contributed by atoms with Crippen LogP contribution in [-0.4, -0.2) is 92.6 Å². The SMILES string of the molecule is CN(C)C(=O)CN(CC(F)(F)F)C(=O)CN1CCNCC1. The molecule has 1 aliphatic rings. The van der Waals surface area contributed by atoms with Gasteiger partial charge in [0, 0.05) is 40.3 Å². The Morgan fingerprint density at radius 2 is 1.71 bits per heavy atom. The van der Waals surface area contributed by atoms with Crippen molar-refractivity contribution >= 4 is 11.8 Å². The minimum atomic E-state index is -4.52. The van der Waals surface area contributed by atoms with Crippen LogP contribution in [0, 0.1) is 0 Å². The smallest absolute Gasteiger partial charge is 0.347 e. The van der Waals surface area contributed by atoms with Crippen molar-refractivity contribution in [2.45, 2.75) is 6.18 Å². The fourth-order valence-corrected chi connectivity index (χ4v) is 1.91. The molecule has 9 heteroatoms. The van der Waals surface area contributed by atoms with E-state index in [0.29, 0.717) is 31.1 Å². The van der Waals surface area contributed by atoms with E-state index in [1.165, 1.54) is 19.0 Å². The lowest BCUT2D eigenvalue weighted by molar-refractivity contribution is -0.164. The summed E-state index contributed by atoms with van der Waals surface area (Å²) in [6, 6.07) is 0. The fraction of sp³-hybridized carbons (Fsp3) is 0.833. The molecule has 0 radical (unpaired) electrons. The number of hydrogen-bond acceptors (Lipinski definition) is 4. The fourth-order valence-electron chi connectivity index (χ4n) is 1.91. The van der Waals surface area contributed by atoms with Crippen LogP contribution < -0.4 is 5.32 Å². The van der Waals surface area contributed by atoms with Gasteiger partial charge in [-0.3, -0.25) is 14.5 Å². The number of halogens is 3. The highest BCUT2D eigenvalue weighted by molar-refractivity contribution is 5.85. The molecule has 0 atom stereocenters. The van der Waals surface area contributed by atoms with Crippen LogP contribution in [0.15, 0.2) is 0 Å². The zero-order chi connectivity index (χ0) is 16.0. The van der Waals surface area contributed by atoms with Gasteiger partial charge < -0.3 is 15.1 Å². The van der Waals surface area contributed by atoms with Gasteiger partial charge in [-0.2, -0.15) is 13.2 Å². The Kier molecular flexibility index (Phi) is 6.41. The number of piperazine rings is 1. The lowest BCUT2D eigenvalue weighted by atomic mass is 10.3. The van der Waals surface area contributed by atoms with E-state index in [0.717, 1.165) is 0 Å². The summed E-state index contributed by atoms with van der Waals surface area (Å²) in [7, 11) is 2.88. The van der Waals surface area contributed by atoms with Crippen LogP contribution in [0.3, 0.4) is 0 Å². The molecular weight excluding hydrogens is 289 g/mol. The molecule has 6 nitrogen and oxygen atoms in total. The molecule has 0 aromatic rings. The standard InChI is InChI=1S/C12H21F3N4O2/c1-17(2)10(20)8-19(9-12(13,14)15)11(21)7-18-5-3-16-4-6-18/h16H,3-9H2,1-2H3. The molecule has 122 valence electrons. The molecule has 0 aliphatic carbocycles. The van der Waals surface area contributed by atoms with Crippen molar-refractivity contribution in [3.63, 3.8) is 0 Å². The van der Waals surface area contributed by atoms with Crippen molar-refractivity contribution in [1.29, 1.82) is 0 Å². The predicted molar refractivity (Wildman–Crippen MR) is 70.6 cm³/mol. The van der Waals surface area contributed by atoms with Crippen molar-refractivity contribution in [2.24, 2.45) is 0 Å². The molecule has 0 unspecified atom stereocenters. The van der Waals surface area contributed by atoms with E-state index in [9.17, 15) is 22.8 Å². The molecule has 0 saturated carbocycles. The first kappa shape index (κ1) is 17.7. The zero-order valence-corrected chi connectivity index (χ0v) is 12.2. The number of amides is 2. The van der Waals surface area contributed by atoms with E-state index in [2.05, 4.69) is 5.32 Å². The number of carbonyl (C=O) groups excluding carboxylic acids is 2. The van der Waals surface area contributed by atoms with Crippen LogP contribution in [0.1, 0.15) is 0 Å². The molecule has 0 aromatic carbocycles. The second-order valence-corrected chi connectivity index (χ2v) is 5.18. The molecule has 21 heavy (non-hydrogen) atoms. The summed E-state index contributed by atoms with van der Waals surface area (Å²) < 4.78 is 37.7. The average Bonchev–Trinajstić information content (AvgIpc) is 2.37. The highest BCUT2D eigenvalue weighted by Crippen LogP contribution is 2.16. The number of carbonyl (C=O) groups is 2. The van der Waals surface area contributed by atoms with Gasteiger partial charge in [0.2, 0.25) is 11.8 Å². The topological polar surface area (TPSA) is 55.9 Å². The summed E-state index contributed by atoms with van der Waals surface area (Å²) in [5.74, 6) is -1.21. The van der Waals surface area contributed by atoms with E-state index >= 15 is 0 Å². The van der Waals surface area contributed by atoms with E-state index in [4.69, 9.17) is 0 Å². The Balaban J connectivity index is 2.64. The number of nitrogens with zero attached hydrogens (tertiary/aromatic N) is 3.